The van der Waals surface area contributed by atoms with Crippen molar-refractivity contribution < 1.29 is 14.3 Å². The molecule has 2 N–H and O–H groups in total. The molecular weight excluding hydrogens is 266 g/mol. The third kappa shape index (κ3) is 5.67. The van der Waals surface area contributed by atoms with Gasteiger partial charge in [-0.2, -0.15) is 0 Å². The average molecular weight is 294 g/mol. The second kappa shape index (κ2) is 9.56. The van der Waals surface area contributed by atoms with Crippen LogP contribution in [0.4, 0.5) is 0 Å². The zero-order valence-electron chi connectivity index (χ0n) is 12.3. The van der Waals surface area contributed by atoms with Crippen LogP contribution in [0.5, 0.6) is 0 Å². The van der Waals surface area contributed by atoms with Crippen LogP contribution in [0.3, 0.4) is 0 Å². The fourth-order valence-corrected chi connectivity index (χ4v) is 2.53. The summed E-state index contributed by atoms with van der Waals surface area (Å²) in [6, 6.07) is -0.546. The molecule has 1 heterocycles. The number of halogens is 1. The van der Waals surface area contributed by atoms with Crippen LogP contribution in [0.15, 0.2) is 0 Å². The van der Waals surface area contributed by atoms with Crippen LogP contribution in [0.2, 0.25) is 0 Å². The fraction of sp³-hybridized carbons (Fsp3) is 0.929. The van der Waals surface area contributed by atoms with Crippen LogP contribution in [0.1, 0.15) is 52.9 Å². The standard InChI is InChI=1S/C14H27NO3.ClH/c1-4-6-7-11-10(3)18-14(16)12(15)8-9-17-13(11)5-2;/h10-13H,4-9,15H2,1-3H3;1H/t10-,11-,12-,13+;/m0./s1. The predicted molar refractivity (Wildman–Crippen MR) is 78.4 cm³/mol. The molecule has 0 spiro atoms. The van der Waals surface area contributed by atoms with Crippen molar-refractivity contribution >= 4 is 18.4 Å². The smallest absolute Gasteiger partial charge is 0.323 e. The molecule has 0 aromatic rings. The van der Waals surface area contributed by atoms with E-state index in [0.717, 1.165) is 25.7 Å². The zero-order chi connectivity index (χ0) is 13.5. The first kappa shape index (κ1) is 18.7. The van der Waals surface area contributed by atoms with Gasteiger partial charge in [-0.1, -0.05) is 26.7 Å². The number of hydrogen-bond acceptors (Lipinski definition) is 4. The molecule has 0 unspecified atom stereocenters. The summed E-state index contributed by atoms with van der Waals surface area (Å²) in [5.41, 5.74) is 5.76. The van der Waals surface area contributed by atoms with Crippen LogP contribution < -0.4 is 5.73 Å². The van der Waals surface area contributed by atoms with Gasteiger partial charge in [0.25, 0.3) is 0 Å². The van der Waals surface area contributed by atoms with Crippen LogP contribution in [0.25, 0.3) is 0 Å². The lowest BCUT2D eigenvalue weighted by Crippen LogP contribution is -2.37. The van der Waals surface area contributed by atoms with Crippen LogP contribution in [-0.4, -0.2) is 30.8 Å². The molecule has 5 heteroatoms. The topological polar surface area (TPSA) is 61.5 Å². The minimum Gasteiger partial charge on any atom is -0.461 e. The van der Waals surface area contributed by atoms with E-state index in [1.165, 1.54) is 0 Å². The Morgan fingerprint density at radius 3 is 2.63 bits per heavy atom. The largest absolute Gasteiger partial charge is 0.461 e. The summed E-state index contributed by atoms with van der Waals surface area (Å²) in [4.78, 5) is 11.7. The summed E-state index contributed by atoms with van der Waals surface area (Å²) < 4.78 is 11.4. The molecule has 0 amide bonds. The van der Waals surface area contributed by atoms with Crippen molar-refractivity contribution in [1.29, 1.82) is 0 Å². The molecule has 4 atom stereocenters. The molecule has 1 aliphatic rings. The Bertz CT molecular complexity index is 263. The highest BCUT2D eigenvalue weighted by Gasteiger charge is 2.31. The van der Waals surface area contributed by atoms with Crippen LogP contribution in [0, 0.1) is 5.92 Å². The molecule has 1 fully saturated rings. The lowest BCUT2D eigenvalue weighted by molar-refractivity contribution is -0.153. The molecule has 0 aromatic heterocycles. The minimum atomic E-state index is -0.546. The molecule has 0 bridgehead atoms. The van der Waals surface area contributed by atoms with Gasteiger partial charge in [-0.25, -0.2) is 0 Å². The van der Waals surface area contributed by atoms with E-state index in [1.807, 2.05) is 6.92 Å². The van der Waals surface area contributed by atoms with Crippen LogP contribution in [-0.2, 0) is 14.3 Å². The van der Waals surface area contributed by atoms with E-state index in [2.05, 4.69) is 13.8 Å². The third-order valence-electron chi connectivity index (χ3n) is 3.74. The Balaban J connectivity index is 0.00000324. The molecule has 1 rings (SSSR count). The minimum absolute atomic E-state index is 0. The van der Waals surface area contributed by atoms with Crippen molar-refractivity contribution in [2.75, 3.05) is 6.61 Å². The van der Waals surface area contributed by atoms with Crippen molar-refractivity contribution in [3.8, 4) is 0 Å². The summed E-state index contributed by atoms with van der Waals surface area (Å²) in [6.45, 7) is 6.80. The maximum Gasteiger partial charge on any atom is 0.323 e. The second-order valence-corrected chi connectivity index (χ2v) is 5.16. The predicted octanol–water partition coefficient (Wildman–Crippen LogP) is 2.67. The Labute approximate surface area is 122 Å². The fourth-order valence-electron chi connectivity index (χ4n) is 2.53. The summed E-state index contributed by atoms with van der Waals surface area (Å²) >= 11 is 0. The van der Waals surface area contributed by atoms with Gasteiger partial charge in [0, 0.05) is 12.5 Å². The Hall–Kier alpha value is -0.320. The van der Waals surface area contributed by atoms with Crippen molar-refractivity contribution in [3.05, 3.63) is 0 Å². The SMILES string of the molecule is CCCC[C@H]1[C@H](C)OC(=O)[C@@H](N)CCO[C@@H]1CC.Cl. The van der Waals surface area contributed by atoms with Crippen molar-refractivity contribution in [3.63, 3.8) is 0 Å². The molecular formula is C14H28ClNO3. The Morgan fingerprint density at radius 2 is 2.05 bits per heavy atom. The highest BCUT2D eigenvalue weighted by atomic mass is 35.5. The average Bonchev–Trinajstić information content (AvgIpc) is 2.39. The molecule has 0 radical (unpaired) electrons. The Morgan fingerprint density at radius 1 is 1.37 bits per heavy atom. The van der Waals surface area contributed by atoms with Gasteiger partial charge in [0.05, 0.1) is 6.10 Å². The number of carbonyl (C=O) groups excluding carboxylic acids is 1. The summed E-state index contributed by atoms with van der Waals surface area (Å²) in [5.74, 6) is -0.00597. The van der Waals surface area contributed by atoms with Gasteiger partial charge in [0.15, 0.2) is 0 Å². The van der Waals surface area contributed by atoms with Gasteiger partial charge in [-0.15, -0.1) is 12.4 Å². The van der Waals surface area contributed by atoms with E-state index >= 15 is 0 Å². The lowest BCUT2D eigenvalue weighted by Gasteiger charge is -2.30. The number of rotatable bonds is 4. The zero-order valence-corrected chi connectivity index (χ0v) is 13.1. The number of hydrogen-bond donors (Lipinski definition) is 1. The maximum atomic E-state index is 11.7. The number of cyclic esters (lactones) is 1. The van der Waals surface area contributed by atoms with Crippen LogP contribution >= 0.6 is 12.4 Å². The molecule has 19 heavy (non-hydrogen) atoms. The first-order valence-corrected chi connectivity index (χ1v) is 7.17. The number of carbonyl (C=O) groups is 1. The summed E-state index contributed by atoms with van der Waals surface area (Å²) in [5, 5.41) is 0. The molecule has 0 saturated carbocycles. The number of ether oxygens (including phenoxy) is 2. The van der Waals surface area contributed by atoms with Gasteiger partial charge < -0.3 is 15.2 Å². The molecule has 1 aliphatic heterocycles. The van der Waals surface area contributed by atoms with Crippen molar-refractivity contribution in [2.24, 2.45) is 11.7 Å². The number of unbranched alkanes of at least 4 members (excludes halogenated alkanes) is 1. The normalized spacial score (nSPS) is 32.5. The lowest BCUT2D eigenvalue weighted by atomic mass is 9.89. The monoisotopic (exact) mass is 293 g/mol. The highest BCUT2D eigenvalue weighted by molar-refractivity contribution is 5.85. The number of esters is 1. The molecule has 0 aliphatic carbocycles. The van der Waals surface area contributed by atoms with E-state index < -0.39 is 6.04 Å². The van der Waals surface area contributed by atoms with E-state index in [0.29, 0.717) is 13.0 Å². The van der Waals surface area contributed by atoms with Gasteiger partial charge in [0.2, 0.25) is 0 Å². The van der Waals surface area contributed by atoms with Gasteiger partial charge in [0.1, 0.15) is 12.1 Å². The maximum absolute atomic E-state index is 11.7. The highest BCUT2D eigenvalue weighted by Crippen LogP contribution is 2.26. The second-order valence-electron chi connectivity index (χ2n) is 5.16. The summed E-state index contributed by atoms with van der Waals surface area (Å²) in [6.07, 6.45) is 4.88. The quantitative estimate of drug-likeness (QED) is 0.810. The summed E-state index contributed by atoms with van der Waals surface area (Å²) in [7, 11) is 0. The van der Waals surface area contributed by atoms with E-state index in [9.17, 15) is 4.79 Å². The molecule has 0 aromatic carbocycles. The Kier molecular flexibility index (Phi) is 9.40. The molecule has 114 valence electrons. The van der Waals surface area contributed by atoms with Crippen molar-refractivity contribution in [1.82, 2.24) is 0 Å². The van der Waals surface area contributed by atoms with E-state index in [4.69, 9.17) is 15.2 Å². The van der Waals surface area contributed by atoms with Gasteiger partial charge >= 0.3 is 5.97 Å². The molecule has 4 nitrogen and oxygen atoms in total. The first-order valence-electron chi connectivity index (χ1n) is 7.17. The van der Waals surface area contributed by atoms with Gasteiger partial charge in [-0.3, -0.25) is 4.79 Å². The molecule has 1 saturated heterocycles. The van der Waals surface area contributed by atoms with Gasteiger partial charge in [-0.05, 0) is 26.2 Å². The van der Waals surface area contributed by atoms with E-state index in [1.54, 1.807) is 0 Å². The number of nitrogens with two attached hydrogens (primary N) is 1. The first-order chi connectivity index (χ1) is 8.60. The van der Waals surface area contributed by atoms with Crippen molar-refractivity contribution in [2.45, 2.75) is 71.1 Å². The van der Waals surface area contributed by atoms with E-state index in [-0.39, 0.29) is 36.5 Å². The third-order valence-corrected chi connectivity index (χ3v) is 3.74.